The molecule has 9 rings (SSSR count). The number of carbonyl (C=O) groups excluding carboxylic acids is 2. The molecule has 26 atom stereocenters. The molecule has 392 valence electrons. The monoisotopic (exact) mass is 984 g/mol. The van der Waals surface area contributed by atoms with Crippen molar-refractivity contribution in [2.75, 3.05) is 13.2 Å². The minimum Gasteiger partial charge on any atom is -0.459 e. The number of ether oxygens (including phenoxy) is 10. The van der Waals surface area contributed by atoms with Crippen LogP contribution in [-0.2, 0) is 57.0 Å². The molecule has 0 bridgehead atoms. The highest BCUT2D eigenvalue weighted by atomic mass is 16.8. The molecule has 0 aromatic heterocycles. The number of cyclic esters (lactones) is 1. The highest BCUT2D eigenvalue weighted by Gasteiger charge is 2.70. The van der Waals surface area contributed by atoms with E-state index in [1.54, 1.807) is 13.8 Å². The summed E-state index contributed by atoms with van der Waals surface area (Å²) in [5.41, 5.74) is -0.809. The van der Waals surface area contributed by atoms with Crippen molar-refractivity contribution in [3.05, 3.63) is 11.6 Å². The number of rotatable bonds is 11. The number of carbonyl (C=O) groups is 2. The molecule has 20 nitrogen and oxygen atoms in total. The summed E-state index contributed by atoms with van der Waals surface area (Å²) in [5.74, 6) is -0.609. The van der Waals surface area contributed by atoms with Gasteiger partial charge in [-0.05, 0) is 94.5 Å². The quantitative estimate of drug-likeness (QED) is 0.104. The fourth-order valence-corrected chi connectivity index (χ4v) is 14.7. The number of esters is 2. The van der Waals surface area contributed by atoms with E-state index >= 15 is 0 Å². The van der Waals surface area contributed by atoms with Gasteiger partial charge in [-0.3, -0.25) is 4.79 Å². The van der Waals surface area contributed by atoms with Crippen LogP contribution in [0.15, 0.2) is 11.6 Å². The highest BCUT2D eigenvalue weighted by Crippen LogP contribution is 2.70. The molecule has 4 saturated carbocycles. The lowest BCUT2D eigenvalue weighted by Gasteiger charge is -2.63. The van der Waals surface area contributed by atoms with Crippen LogP contribution in [0.1, 0.15) is 112 Å². The van der Waals surface area contributed by atoms with E-state index in [0.29, 0.717) is 18.3 Å². The minimum absolute atomic E-state index is 0.000687. The SMILES string of the molecule is CC(=O)O[C@@H]1C[C@H](O[C@@H]2[C@H](O)C[C@@H](O[C@@H]3[C@H](O)C[C@@H](O[C@@H]4CC[C@@]5(C)[C@H](CC[C@H]6[C@@H]5CC[C@]5(C)[C@@H](C7=CC(=O)OC7)[C@@H](O)C[C@]65O)C4)O[C@@H]3C)O[C@@H]2C)O[C@H](C)[C@H]1O[C@H]1O[C@@H](CO)[C@H](O)[C@@H](O)[C@@H]1O. The van der Waals surface area contributed by atoms with Gasteiger partial charge in [-0.2, -0.15) is 0 Å². The van der Waals surface area contributed by atoms with Crippen molar-refractivity contribution in [2.24, 2.45) is 34.5 Å². The Morgan fingerprint density at radius 3 is 1.93 bits per heavy atom. The van der Waals surface area contributed by atoms with Gasteiger partial charge in [0.15, 0.2) is 25.2 Å². The van der Waals surface area contributed by atoms with Crippen molar-refractivity contribution >= 4 is 11.9 Å². The minimum atomic E-state index is -1.68. The topological polar surface area (TPSA) is 288 Å². The molecule has 5 heterocycles. The molecule has 8 fully saturated rings. The molecule has 4 aliphatic carbocycles. The Balaban J connectivity index is 0.749. The van der Waals surface area contributed by atoms with E-state index in [-0.39, 0.29) is 55.2 Å². The zero-order valence-corrected chi connectivity index (χ0v) is 40.5. The third-order valence-electron chi connectivity index (χ3n) is 18.2. The van der Waals surface area contributed by atoms with E-state index < -0.39 is 134 Å². The molecule has 0 amide bonds. The Bertz CT molecular complexity index is 1850. The average Bonchev–Trinajstić information content (AvgIpc) is 3.79. The van der Waals surface area contributed by atoms with Gasteiger partial charge in [0.05, 0.1) is 54.9 Å². The highest BCUT2D eigenvalue weighted by molar-refractivity contribution is 5.85. The first-order chi connectivity index (χ1) is 32.6. The Kier molecular flexibility index (Phi) is 15.1. The van der Waals surface area contributed by atoms with Crippen molar-refractivity contribution in [3.8, 4) is 0 Å². The normalized spacial score (nSPS) is 53.3. The molecular weight excluding hydrogens is 909 g/mol. The number of hydrogen-bond acceptors (Lipinski definition) is 20. The van der Waals surface area contributed by atoms with Crippen LogP contribution in [0.5, 0.6) is 0 Å². The zero-order valence-electron chi connectivity index (χ0n) is 40.5. The van der Waals surface area contributed by atoms with Gasteiger partial charge in [0.1, 0.15) is 55.4 Å². The van der Waals surface area contributed by atoms with Gasteiger partial charge in [0, 0.05) is 50.0 Å². The van der Waals surface area contributed by atoms with Gasteiger partial charge >= 0.3 is 11.9 Å². The van der Waals surface area contributed by atoms with Gasteiger partial charge in [0.2, 0.25) is 0 Å². The third-order valence-corrected chi connectivity index (χ3v) is 18.2. The summed E-state index contributed by atoms with van der Waals surface area (Å²) >= 11 is 0. The number of hydrogen-bond donors (Lipinski definition) is 8. The predicted molar refractivity (Wildman–Crippen MR) is 235 cm³/mol. The molecule has 8 N–H and O–H groups in total. The molecule has 0 spiro atoms. The molecule has 0 radical (unpaired) electrons. The molecular formula is C49H76O20. The van der Waals surface area contributed by atoms with Crippen LogP contribution in [-0.4, -0.2) is 188 Å². The second kappa shape index (κ2) is 20.0. The smallest absolute Gasteiger partial charge is 0.331 e. The van der Waals surface area contributed by atoms with E-state index in [1.807, 2.05) is 6.92 Å². The standard InChI is InChI=1S/C49H76O20/c1-21-43(67-37-16-31(53)44(22(2)62-37)68-38-17-33(64-24(4)51)45(23(3)63-38)69-46-42(58)41(57)40(56)34(19-50)66-46)30(52)15-36(61-21)65-27-9-11-47(5)26(14-27)7-8-29-28(47)10-12-48(6)39(25-13-35(55)60-20-25)32(54)18-49(29,48)59/h13,21-23,26-34,36-46,50,52-54,56-59H,7-12,14-20H2,1-6H3/t21-,22-,23-,26-,27-,28+,29+,30-,31-,32+,33-,34+,36-,37-,38+,39+,40+,41-,42+,43+,44+,45-,46-,47+,48-,49+/m1/s1. The van der Waals surface area contributed by atoms with E-state index in [9.17, 15) is 50.4 Å². The van der Waals surface area contributed by atoms with Crippen LogP contribution in [0.2, 0.25) is 0 Å². The summed E-state index contributed by atoms with van der Waals surface area (Å²) < 4.78 is 60.1. The Hall–Kier alpha value is -1.96. The fraction of sp³-hybridized carbons (Fsp3) is 0.918. The lowest BCUT2D eigenvalue weighted by Crippen LogP contribution is -2.62. The van der Waals surface area contributed by atoms with Crippen molar-refractivity contribution in [2.45, 2.75) is 234 Å². The van der Waals surface area contributed by atoms with Gasteiger partial charge in [-0.1, -0.05) is 13.8 Å². The van der Waals surface area contributed by atoms with E-state index in [4.69, 9.17) is 47.4 Å². The average molecular weight is 985 g/mol. The van der Waals surface area contributed by atoms with Crippen LogP contribution >= 0.6 is 0 Å². The molecule has 4 saturated heterocycles. The first-order valence-electron chi connectivity index (χ1n) is 25.3. The van der Waals surface area contributed by atoms with E-state index in [2.05, 4.69) is 13.8 Å². The van der Waals surface area contributed by atoms with Crippen molar-refractivity contribution in [1.29, 1.82) is 0 Å². The van der Waals surface area contributed by atoms with Gasteiger partial charge < -0.3 is 88.2 Å². The van der Waals surface area contributed by atoms with Gasteiger partial charge in [-0.25, -0.2) is 4.79 Å². The number of aliphatic hydroxyl groups is 8. The molecule has 20 heteroatoms. The Morgan fingerprint density at radius 2 is 1.33 bits per heavy atom. The van der Waals surface area contributed by atoms with Crippen LogP contribution in [0.25, 0.3) is 0 Å². The maximum absolute atomic E-state index is 12.6. The first-order valence-corrected chi connectivity index (χ1v) is 25.3. The van der Waals surface area contributed by atoms with Crippen LogP contribution < -0.4 is 0 Å². The summed E-state index contributed by atoms with van der Waals surface area (Å²) in [4.78, 5) is 24.2. The molecule has 0 aromatic carbocycles. The maximum atomic E-state index is 12.6. The number of fused-ring (bicyclic) bond motifs is 5. The lowest BCUT2D eigenvalue weighted by atomic mass is 9.43. The van der Waals surface area contributed by atoms with Gasteiger partial charge in [0.25, 0.3) is 0 Å². The molecule has 5 aliphatic heterocycles. The second-order valence-corrected chi connectivity index (χ2v) is 22.3. The Labute approximate surface area is 402 Å². The van der Waals surface area contributed by atoms with E-state index in [0.717, 1.165) is 50.5 Å². The third kappa shape index (κ3) is 9.59. The number of aliphatic hydroxyl groups excluding tert-OH is 7. The molecule has 69 heavy (non-hydrogen) atoms. The zero-order chi connectivity index (χ0) is 49.5. The predicted octanol–water partition coefficient (Wildman–Crippen LogP) is 0.613. The maximum Gasteiger partial charge on any atom is 0.331 e. The van der Waals surface area contributed by atoms with Gasteiger partial charge in [-0.15, -0.1) is 0 Å². The second-order valence-electron chi connectivity index (χ2n) is 22.3. The molecule has 0 aromatic rings. The summed E-state index contributed by atoms with van der Waals surface area (Å²) in [7, 11) is 0. The fourth-order valence-electron chi connectivity index (χ4n) is 14.7. The summed E-state index contributed by atoms with van der Waals surface area (Å²) in [5, 5.41) is 87.5. The molecule has 0 unspecified atom stereocenters. The van der Waals surface area contributed by atoms with Crippen molar-refractivity contribution in [3.63, 3.8) is 0 Å². The largest absolute Gasteiger partial charge is 0.459 e. The first kappa shape index (κ1) is 51.9. The van der Waals surface area contributed by atoms with Crippen LogP contribution in [0.3, 0.4) is 0 Å². The van der Waals surface area contributed by atoms with Crippen LogP contribution in [0, 0.1) is 34.5 Å². The van der Waals surface area contributed by atoms with Crippen molar-refractivity contribution in [1.82, 2.24) is 0 Å². The van der Waals surface area contributed by atoms with E-state index in [1.165, 1.54) is 13.0 Å². The summed E-state index contributed by atoms with van der Waals surface area (Å²) in [6.45, 7) is 10.4. The molecule has 9 aliphatic rings. The Morgan fingerprint density at radius 1 is 0.710 bits per heavy atom. The summed E-state index contributed by atoms with van der Waals surface area (Å²) in [6.07, 6.45) is -10.8. The van der Waals surface area contributed by atoms with Crippen LogP contribution in [0.4, 0.5) is 0 Å². The lowest BCUT2D eigenvalue weighted by molar-refractivity contribution is -0.355. The summed E-state index contributed by atoms with van der Waals surface area (Å²) in [6, 6.07) is 0. The van der Waals surface area contributed by atoms with Crippen molar-refractivity contribution < 1.29 is 97.8 Å².